The maximum atomic E-state index is 12.7. The highest BCUT2D eigenvalue weighted by Crippen LogP contribution is 2.25. The van der Waals surface area contributed by atoms with Crippen LogP contribution in [0.1, 0.15) is 65.7 Å². The molecule has 0 saturated carbocycles. The largest absolute Gasteiger partial charge is 0.465 e. The zero-order valence-electron chi connectivity index (χ0n) is 18.0. The summed E-state index contributed by atoms with van der Waals surface area (Å²) in [6, 6.07) is -0.668. The summed E-state index contributed by atoms with van der Waals surface area (Å²) >= 11 is 0. The Morgan fingerprint density at radius 2 is 1.73 bits per heavy atom. The van der Waals surface area contributed by atoms with E-state index in [1.807, 2.05) is 0 Å². The average Bonchev–Trinajstić information content (AvgIpc) is 3.14. The van der Waals surface area contributed by atoms with Crippen molar-refractivity contribution in [1.82, 2.24) is 15.2 Å². The first kappa shape index (κ1) is 23.1. The molecule has 0 unspecified atom stereocenters. The molecule has 0 radical (unpaired) electrons. The molecule has 1 saturated heterocycles. The van der Waals surface area contributed by atoms with Crippen LogP contribution >= 0.6 is 0 Å². The second-order valence-corrected chi connectivity index (χ2v) is 7.22. The van der Waals surface area contributed by atoms with Crippen LogP contribution in [0.25, 0.3) is 0 Å². The number of rotatable bonds is 8. The molecule has 0 bridgehead atoms. The third-order valence-corrected chi connectivity index (χ3v) is 5.49. The van der Waals surface area contributed by atoms with Gasteiger partial charge in [-0.2, -0.15) is 0 Å². The van der Waals surface area contributed by atoms with Crippen LogP contribution in [0, 0.1) is 13.8 Å². The Labute approximate surface area is 174 Å². The molecular formula is C20H27N3O7. The van der Waals surface area contributed by atoms with Gasteiger partial charge in [-0.3, -0.25) is 19.3 Å². The molecule has 1 fully saturated rings. The number of aromatic amines is 1. The fraction of sp³-hybridized carbons (Fsp3) is 0.550. The number of hydrogen-bond acceptors (Lipinski definition) is 7. The van der Waals surface area contributed by atoms with E-state index in [-0.39, 0.29) is 11.3 Å². The zero-order valence-corrected chi connectivity index (χ0v) is 18.0. The number of amides is 3. The summed E-state index contributed by atoms with van der Waals surface area (Å²) in [4.78, 5) is 65.2. The maximum absolute atomic E-state index is 12.7. The van der Waals surface area contributed by atoms with Crippen molar-refractivity contribution >= 4 is 29.7 Å². The predicted octanol–water partition coefficient (Wildman–Crippen LogP) is 1.64. The summed E-state index contributed by atoms with van der Waals surface area (Å²) in [7, 11) is 1.24. The van der Waals surface area contributed by atoms with Crippen LogP contribution in [0.3, 0.4) is 0 Å². The Morgan fingerprint density at radius 3 is 2.23 bits per heavy atom. The van der Waals surface area contributed by atoms with Crippen molar-refractivity contribution in [1.29, 1.82) is 0 Å². The van der Waals surface area contributed by atoms with E-state index in [1.54, 1.807) is 27.7 Å². The van der Waals surface area contributed by atoms with E-state index >= 15 is 0 Å². The molecule has 30 heavy (non-hydrogen) atoms. The lowest BCUT2D eigenvalue weighted by atomic mass is 9.93. The minimum atomic E-state index is -1.19. The van der Waals surface area contributed by atoms with E-state index in [0.717, 1.165) is 4.90 Å². The summed E-state index contributed by atoms with van der Waals surface area (Å²) in [5, 5.41) is 2.62. The van der Waals surface area contributed by atoms with E-state index in [9.17, 15) is 24.0 Å². The van der Waals surface area contributed by atoms with Gasteiger partial charge in [-0.1, -0.05) is 13.8 Å². The first-order chi connectivity index (χ1) is 14.0. The Bertz CT molecular complexity index is 898. The lowest BCUT2D eigenvalue weighted by Gasteiger charge is -2.23. The number of ether oxygens (including phenoxy) is 2. The minimum Gasteiger partial charge on any atom is -0.465 e. The number of aromatic nitrogens is 1. The number of H-pyrrole nitrogens is 1. The van der Waals surface area contributed by atoms with Crippen molar-refractivity contribution in [2.45, 2.75) is 59.1 Å². The third kappa shape index (κ3) is 3.94. The molecular weight excluding hydrogens is 394 g/mol. The van der Waals surface area contributed by atoms with E-state index in [0.29, 0.717) is 24.1 Å². The van der Waals surface area contributed by atoms with Crippen molar-refractivity contribution in [2.24, 2.45) is 0 Å². The molecule has 1 aromatic heterocycles. The Hall–Kier alpha value is -3.17. The van der Waals surface area contributed by atoms with Gasteiger partial charge >= 0.3 is 18.0 Å². The summed E-state index contributed by atoms with van der Waals surface area (Å²) in [6.07, 6.45) is -0.409. The van der Waals surface area contributed by atoms with Crippen molar-refractivity contribution < 1.29 is 33.4 Å². The molecule has 10 nitrogen and oxygen atoms in total. The SMILES string of the molecule is CCC1(CC)NC(=O)N(CC(=O)O[C@@H](C)C(=O)c2[nH]c(C)c(C(=O)OC)c2C)C1=O. The molecule has 1 aromatic rings. The third-order valence-electron chi connectivity index (χ3n) is 5.49. The van der Waals surface area contributed by atoms with Crippen LogP contribution in [0.2, 0.25) is 0 Å². The van der Waals surface area contributed by atoms with Gasteiger partial charge in [-0.25, -0.2) is 9.59 Å². The smallest absolute Gasteiger partial charge is 0.339 e. The molecule has 0 aromatic carbocycles. The van der Waals surface area contributed by atoms with E-state index in [1.165, 1.54) is 14.0 Å². The Balaban J connectivity index is 2.10. The van der Waals surface area contributed by atoms with E-state index in [4.69, 9.17) is 9.47 Å². The second-order valence-electron chi connectivity index (χ2n) is 7.22. The van der Waals surface area contributed by atoms with E-state index in [2.05, 4.69) is 10.3 Å². The molecule has 0 spiro atoms. The van der Waals surface area contributed by atoms with Gasteiger partial charge in [0.05, 0.1) is 18.4 Å². The molecule has 2 rings (SSSR count). The summed E-state index contributed by atoms with van der Waals surface area (Å²) in [5.74, 6) is -2.52. The van der Waals surface area contributed by atoms with Crippen LogP contribution in [0.4, 0.5) is 4.79 Å². The van der Waals surface area contributed by atoms with Gasteiger partial charge in [0.15, 0.2) is 6.10 Å². The van der Waals surface area contributed by atoms with Gasteiger partial charge in [0, 0.05) is 5.69 Å². The van der Waals surface area contributed by atoms with Crippen LogP contribution in [0.15, 0.2) is 0 Å². The molecule has 3 amide bonds. The molecule has 10 heteroatoms. The quantitative estimate of drug-likeness (QED) is 0.370. The monoisotopic (exact) mass is 421 g/mol. The number of carbonyl (C=O) groups is 5. The lowest BCUT2D eigenvalue weighted by molar-refractivity contribution is -0.150. The lowest BCUT2D eigenvalue weighted by Crippen LogP contribution is -2.46. The fourth-order valence-corrected chi connectivity index (χ4v) is 3.57. The molecule has 0 aliphatic carbocycles. The van der Waals surface area contributed by atoms with Crippen molar-refractivity contribution in [3.8, 4) is 0 Å². The van der Waals surface area contributed by atoms with Crippen molar-refractivity contribution in [3.63, 3.8) is 0 Å². The summed E-state index contributed by atoms with van der Waals surface area (Å²) in [5.41, 5.74) is 0.184. The van der Waals surface area contributed by atoms with Crippen molar-refractivity contribution in [2.75, 3.05) is 13.7 Å². The summed E-state index contributed by atoms with van der Waals surface area (Å²) < 4.78 is 9.87. The highest BCUT2D eigenvalue weighted by Gasteiger charge is 2.49. The highest BCUT2D eigenvalue weighted by atomic mass is 16.5. The average molecular weight is 421 g/mol. The van der Waals surface area contributed by atoms with Gasteiger partial charge in [-0.15, -0.1) is 0 Å². The first-order valence-electron chi connectivity index (χ1n) is 9.68. The molecule has 164 valence electrons. The number of urea groups is 1. The standard InChI is InChI=1S/C20H27N3O7/c1-7-20(8-2)18(27)23(19(28)22-20)9-13(24)30-12(5)16(25)15-10(3)14(11(4)21-15)17(26)29-6/h12,21H,7-9H2,1-6H3,(H,22,28)/t12-/m0/s1. The number of Topliss-reactive ketones (excluding diaryl/α,β-unsaturated/α-hetero) is 1. The van der Waals surface area contributed by atoms with Gasteiger partial charge in [0.1, 0.15) is 12.1 Å². The number of ketones is 1. The van der Waals surface area contributed by atoms with Crippen LogP contribution in [-0.2, 0) is 19.1 Å². The zero-order chi connectivity index (χ0) is 22.8. The van der Waals surface area contributed by atoms with Crippen LogP contribution < -0.4 is 5.32 Å². The number of methoxy groups -OCH3 is 1. The number of carbonyl (C=O) groups excluding carboxylic acids is 5. The number of aryl methyl sites for hydroxylation is 1. The second kappa shape index (κ2) is 8.68. The van der Waals surface area contributed by atoms with Crippen LogP contribution in [0.5, 0.6) is 0 Å². The van der Waals surface area contributed by atoms with Gasteiger partial charge < -0.3 is 19.8 Å². The number of esters is 2. The first-order valence-corrected chi connectivity index (χ1v) is 9.68. The fourth-order valence-electron chi connectivity index (χ4n) is 3.57. The van der Waals surface area contributed by atoms with Gasteiger partial charge in [0.2, 0.25) is 5.78 Å². The number of nitrogens with zero attached hydrogens (tertiary/aromatic N) is 1. The highest BCUT2D eigenvalue weighted by molar-refractivity contribution is 6.09. The van der Waals surface area contributed by atoms with E-state index < -0.39 is 47.8 Å². The minimum absolute atomic E-state index is 0.124. The molecule has 1 aliphatic heterocycles. The normalized spacial score (nSPS) is 16.3. The van der Waals surface area contributed by atoms with Crippen molar-refractivity contribution in [3.05, 3.63) is 22.5 Å². The number of imide groups is 1. The molecule has 1 aliphatic rings. The topological polar surface area (TPSA) is 135 Å². The Kier molecular flexibility index (Phi) is 6.69. The van der Waals surface area contributed by atoms with Gasteiger partial charge in [0.25, 0.3) is 5.91 Å². The molecule has 2 heterocycles. The predicted molar refractivity (Wildman–Crippen MR) is 105 cm³/mol. The molecule has 2 N–H and O–H groups in total. The Morgan fingerprint density at radius 1 is 1.13 bits per heavy atom. The maximum Gasteiger partial charge on any atom is 0.339 e. The van der Waals surface area contributed by atoms with Gasteiger partial charge in [-0.05, 0) is 39.2 Å². The summed E-state index contributed by atoms with van der Waals surface area (Å²) in [6.45, 7) is 7.53. The van der Waals surface area contributed by atoms with Crippen LogP contribution in [-0.4, -0.2) is 64.8 Å². The molecule has 1 atom stereocenters. The number of hydrogen-bond donors (Lipinski definition) is 2. The number of nitrogens with one attached hydrogen (secondary N) is 2.